The molecule has 0 aliphatic rings. The van der Waals surface area contributed by atoms with E-state index in [1.165, 1.54) is 0 Å². The molecule has 0 spiro atoms. The van der Waals surface area contributed by atoms with E-state index in [0.29, 0.717) is 17.7 Å². The van der Waals surface area contributed by atoms with E-state index in [1.807, 2.05) is 29.8 Å². The van der Waals surface area contributed by atoms with Crippen molar-refractivity contribution >= 4 is 0 Å². The summed E-state index contributed by atoms with van der Waals surface area (Å²) in [7, 11) is 3.24. The molecule has 0 atom stereocenters. The lowest BCUT2D eigenvalue weighted by molar-refractivity contribution is -0.754. The average Bonchev–Trinajstić information content (AvgIpc) is 2.52. The van der Waals surface area contributed by atoms with Gasteiger partial charge in [0.05, 0.1) is 26.1 Å². The lowest BCUT2D eigenvalue weighted by atomic mass is 9.92. The Morgan fingerprint density at radius 3 is 2.12 bits per heavy atom. The molecule has 0 aliphatic carbocycles. The maximum absolute atomic E-state index is 5.55. The Morgan fingerprint density at radius 1 is 0.917 bits per heavy atom. The quantitative estimate of drug-likeness (QED) is 0.806. The summed E-state index contributed by atoms with van der Waals surface area (Å²) in [5.74, 6) is 1.21. The van der Waals surface area contributed by atoms with E-state index in [4.69, 9.17) is 9.47 Å². The number of nitrogens with zero attached hydrogens (tertiary/aromatic N) is 4. The number of aryl methyl sites for hydroxylation is 1. The molecule has 0 aliphatic heterocycles. The molecule has 0 radical (unpaired) electrons. The zero-order chi connectivity index (χ0) is 18.1. The SMILES string of the molecule is COc1cc(C(C)(C)[n+]2ccc(C(C)(C)C)nc2OC)nc(C)n1. The van der Waals surface area contributed by atoms with E-state index in [2.05, 4.69) is 49.6 Å². The highest BCUT2D eigenvalue weighted by molar-refractivity contribution is 5.21. The molecule has 6 heteroatoms. The largest absolute Gasteiger partial charge is 0.499 e. The van der Waals surface area contributed by atoms with Crippen LogP contribution in [0.15, 0.2) is 18.3 Å². The number of methoxy groups -OCH3 is 2. The van der Waals surface area contributed by atoms with Gasteiger partial charge in [0.2, 0.25) is 5.88 Å². The van der Waals surface area contributed by atoms with Crippen LogP contribution in [0.3, 0.4) is 0 Å². The van der Waals surface area contributed by atoms with Crippen molar-refractivity contribution in [2.45, 2.75) is 52.5 Å². The van der Waals surface area contributed by atoms with Crippen LogP contribution in [0.1, 0.15) is 51.8 Å². The van der Waals surface area contributed by atoms with E-state index in [0.717, 1.165) is 11.4 Å². The number of rotatable bonds is 4. The molecule has 0 N–H and O–H groups in total. The van der Waals surface area contributed by atoms with Gasteiger partial charge in [-0.05, 0) is 25.8 Å². The maximum atomic E-state index is 5.55. The van der Waals surface area contributed by atoms with Crippen LogP contribution >= 0.6 is 0 Å². The Bertz CT molecular complexity index is 736. The van der Waals surface area contributed by atoms with Gasteiger partial charge in [0, 0.05) is 17.5 Å². The predicted molar refractivity (Wildman–Crippen MR) is 91.4 cm³/mol. The van der Waals surface area contributed by atoms with Crippen molar-refractivity contribution in [3.63, 3.8) is 0 Å². The van der Waals surface area contributed by atoms with Gasteiger partial charge in [-0.25, -0.2) is 4.98 Å². The highest BCUT2D eigenvalue weighted by Crippen LogP contribution is 2.25. The topological polar surface area (TPSA) is 61.0 Å². The Morgan fingerprint density at radius 2 is 1.58 bits per heavy atom. The standard InChI is InChI=1S/C18H27N4O2/c1-12-19-14(11-15(20-12)23-7)18(5,6)22-10-9-13(17(2,3)4)21-16(22)24-8/h9-11H,1-8H3/q+1. The monoisotopic (exact) mass is 331 g/mol. The fraction of sp³-hybridized carbons (Fsp3) is 0.556. The Hall–Kier alpha value is -2.24. The van der Waals surface area contributed by atoms with E-state index < -0.39 is 5.54 Å². The molecule has 130 valence electrons. The van der Waals surface area contributed by atoms with Crippen molar-refractivity contribution in [1.29, 1.82) is 0 Å². The fourth-order valence-electron chi connectivity index (χ4n) is 2.47. The van der Waals surface area contributed by atoms with Gasteiger partial charge in [-0.15, -0.1) is 0 Å². The highest BCUT2D eigenvalue weighted by atomic mass is 16.5. The molecule has 2 aromatic rings. The van der Waals surface area contributed by atoms with Crippen molar-refractivity contribution in [2.75, 3.05) is 14.2 Å². The molecule has 24 heavy (non-hydrogen) atoms. The van der Waals surface area contributed by atoms with Gasteiger partial charge < -0.3 is 9.47 Å². The molecule has 2 rings (SSSR count). The summed E-state index contributed by atoms with van der Waals surface area (Å²) >= 11 is 0. The van der Waals surface area contributed by atoms with E-state index in [-0.39, 0.29) is 5.41 Å². The molecule has 0 saturated heterocycles. The first kappa shape index (κ1) is 18.1. The van der Waals surface area contributed by atoms with Crippen LogP contribution in [0.4, 0.5) is 0 Å². The lowest BCUT2D eigenvalue weighted by Gasteiger charge is -2.24. The second-order valence-electron chi connectivity index (χ2n) is 7.32. The van der Waals surface area contributed by atoms with Crippen molar-refractivity contribution in [3.8, 4) is 11.9 Å². The number of hydrogen-bond acceptors (Lipinski definition) is 5. The van der Waals surface area contributed by atoms with E-state index >= 15 is 0 Å². The zero-order valence-electron chi connectivity index (χ0n) is 15.8. The first-order valence-electron chi connectivity index (χ1n) is 7.97. The molecule has 0 saturated carbocycles. The molecular formula is C18H27N4O2+. The minimum Gasteiger partial charge on any atom is -0.481 e. The number of ether oxygens (including phenoxy) is 2. The Kier molecular flexibility index (Phi) is 4.78. The summed E-state index contributed by atoms with van der Waals surface area (Å²) in [4.78, 5) is 13.5. The number of aromatic nitrogens is 4. The van der Waals surface area contributed by atoms with Crippen molar-refractivity contribution in [3.05, 3.63) is 35.5 Å². The second kappa shape index (κ2) is 6.34. The Labute approximate surface area is 143 Å². The average molecular weight is 331 g/mol. The molecule has 0 fully saturated rings. The fourth-order valence-corrected chi connectivity index (χ4v) is 2.47. The lowest BCUT2D eigenvalue weighted by Crippen LogP contribution is -2.54. The molecule has 0 aromatic carbocycles. The van der Waals surface area contributed by atoms with Crippen LogP contribution in [0.5, 0.6) is 11.9 Å². The number of hydrogen-bond donors (Lipinski definition) is 0. The maximum Gasteiger partial charge on any atom is 0.499 e. The summed E-state index contributed by atoms with van der Waals surface area (Å²) < 4.78 is 12.8. The first-order valence-corrected chi connectivity index (χ1v) is 7.97. The molecule has 0 unspecified atom stereocenters. The summed E-state index contributed by atoms with van der Waals surface area (Å²) in [6.07, 6.45) is 2.00. The van der Waals surface area contributed by atoms with Crippen LogP contribution in [-0.4, -0.2) is 29.2 Å². The Balaban J connectivity index is 2.59. The van der Waals surface area contributed by atoms with Gasteiger partial charge >= 0.3 is 6.01 Å². The van der Waals surface area contributed by atoms with Gasteiger partial charge in [-0.3, -0.25) is 0 Å². The highest BCUT2D eigenvalue weighted by Gasteiger charge is 2.36. The third-order valence-corrected chi connectivity index (χ3v) is 4.01. The molecule has 2 aromatic heterocycles. The van der Waals surface area contributed by atoms with Crippen molar-refractivity contribution in [2.24, 2.45) is 0 Å². The van der Waals surface area contributed by atoms with Gasteiger partial charge in [0.25, 0.3) is 0 Å². The van der Waals surface area contributed by atoms with Crippen LogP contribution < -0.4 is 14.0 Å². The third-order valence-electron chi connectivity index (χ3n) is 4.01. The second-order valence-corrected chi connectivity index (χ2v) is 7.32. The van der Waals surface area contributed by atoms with Gasteiger partial charge in [0.1, 0.15) is 5.82 Å². The van der Waals surface area contributed by atoms with Gasteiger partial charge in [0.15, 0.2) is 11.2 Å². The van der Waals surface area contributed by atoms with Gasteiger partial charge in [-0.2, -0.15) is 9.55 Å². The zero-order valence-corrected chi connectivity index (χ0v) is 15.8. The molecule has 2 heterocycles. The molecule has 0 bridgehead atoms. The van der Waals surface area contributed by atoms with E-state index in [9.17, 15) is 0 Å². The van der Waals surface area contributed by atoms with Gasteiger partial charge in [-0.1, -0.05) is 20.8 Å². The summed E-state index contributed by atoms with van der Waals surface area (Å²) in [6.45, 7) is 12.4. The minimum atomic E-state index is -0.476. The van der Waals surface area contributed by atoms with E-state index in [1.54, 1.807) is 14.2 Å². The smallest absolute Gasteiger partial charge is 0.481 e. The van der Waals surface area contributed by atoms with Crippen molar-refractivity contribution in [1.82, 2.24) is 15.0 Å². The van der Waals surface area contributed by atoms with Crippen LogP contribution in [0.25, 0.3) is 0 Å². The minimum absolute atomic E-state index is 0.0504. The molecule has 0 amide bonds. The van der Waals surface area contributed by atoms with Crippen LogP contribution in [-0.2, 0) is 11.0 Å². The summed E-state index contributed by atoms with van der Waals surface area (Å²) in [5, 5.41) is 0. The summed E-state index contributed by atoms with van der Waals surface area (Å²) in [6, 6.07) is 4.41. The molecular weight excluding hydrogens is 304 g/mol. The predicted octanol–water partition coefficient (Wildman–Crippen LogP) is 2.57. The van der Waals surface area contributed by atoms with Crippen molar-refractivity contribution < 1.29 is 14.0 Å². The summed E-state index contributed by atoms with van der Waals surface area (Å²) in [5.41, 5.74) is 1.28. The van der Waals surface area contributed by atoms with Crippen LogP contribution in [0, 0.1) is 6.92 Å². The third kappa shape index (κ3) is 3.47. The normalized spacial score (nSPS) is 12.2. The molecule has 6 nitrogen and oxygen atoms in total. The first-order chi connectivity index (χ1) is 11.1. The van der Waals surface area contributed by atoms with Crippen LogP contribution in [0.2, 0.25) is 0 Å².